The van der Waals surface area contributed by atoms with Gasteiger partial charge in [0.25, 0.3) is 0 Å². The van der Waals surface area contributed by atoms with Gasteiger partial charge in [-0.05, 0) is 49.5 Å². The van der Waals surface area contributed by atoms with Crippen LogP contribution in [-0.4, -0.2) is 72.4 Å². The number of rotatable bonds is 9. The summed E-state index contributed by atoms with van der Waals surface area (Å²) in [6.07, 6.45) is -1.71. The quantitative estimate of drug-likeness (QED) is 0.0776. The van der Waals surface area contributed by atoms with Crippen molar-refractivity contribution < 1.29 is 53.6 Å². The number of hydrogen-bond donors (Lipinski definition) is 1. The molecule has 0 saturated heterocycles. The van der Waals surface area contributed by atoms with Gasteiger partial charge in [-0.1, -0.05) is 20.8 Å². The molecule has 5 rings (SSSR count). The van der Waals surface area contributed by atoms with E-state index in [0.29, 0.717) is 11.8 Å². The highest BCUT2D eigenvalue weighted by molar-refractivity contribution is 7.88. The molecule has 2 atom stereocenters. The lowest BCUT2D eigenvalue weighted by molar-refractivity contribution is -0.0500. The summed E-state index contributed by atoms with van der Waals surface area (Å²) >= 11 is 0.910. The third kappa shape index (κ3) is 7.04. The number of fused-ring (bicyclic) bond motifs is 2. The number of hydrogen-bond acceptors (Lipinski definition) is 9. The van der Waals surface area contributed by atoms with Gasteiger partial charge in [0, 0.05) is 24.2 Å². The van der Waals surface area contributed by atoms with Crippen LogP contribution in [0.25, 0.3) is 32.6 Å². The lowest BCUT2D eigenvalue weighted by atomic mass is 9.98. The minimum Gasteiger partial charge on any atom is -0.490 e. The Morgan fingerprint density at radius 3 is 2.44 bits per heavy atom. The molecule has 1 N–H and O–H groups in total. The zero-order valence-electron chi connectivity index (χ0n) is 28.1. The molecule has 4 aromatic rings. The van der Waals surface area contributed by atoms with Crippen LogP contribution in [-0.2, 0) is 21.1 Å². The van der Waals surface area contributed by atoms with Crippen LogP contribution in [0.1, 0.15) is 46.4 Å². The van der Waals surface area contributed by atoms with Crippen molar-refractivity contribution in [2.75, 3.05) is 13.2 Å². The van der Waals surface area contributed by atoms with Gasteiger partial charge in [0.15, 0.2) is 8.32 Å². The summed E-state index contributed by atoms with van der Waals surface area (Å²) in [7, 11) is -8.48. The highest BCUT2D eigenvalue weighted by Gasteiger charge is 2.49. The number of amides is 1. The van der Waals surface area contributed by atoms with E-state index < -0.39 is 59.7 Å². The van der Waals surface area contributed by atoms with E-state index in [-0.39, 0.29) is 63.1 Å². The predicted molar refractivity (Wildman–Crippen MR) is 178 cm³/mol. The van der Waals surface area contributed by atoms with E-state index in [4.69, 9.17) is 9.16 Å². The predicted octanol–water partition coefficient (Wildman–Crippen LogP) is 8.18. The zero-order valence-corrected chi connectivity index (χ0v) is 30.7. The zero-order chi connectivity index (χ0) is 37.1. The fourth-order valence-corrected chi connectivity index (χ4v) is 8.13. The second kappa shape index (κ2) is 13.1. The van der Waals surface area contributed by atoms with Crippen LogP contribution >= 0.6 is 11.3 Å². The number of ether oxygens (including phenoxy) is 1. The van der Waals surface area contributed by atoms with Crippen molar-refractivity contribution in [3.63, 3.8) is 0 Å². The first-order valence-electron chi connectivity index (χ1n) is 15.3. The molecule has 1 amide bonds. The van der Waals surface area contributed by atoms with Crippen molar-refractivity contribution >= 4 is 46.0 Å². The molecular formula is C31H35F5N4O7S2Si. The van der Waals surface area contributed by atoms with Gasteiger partial charge >= 0.3 is 21.7 Å². The number of carboxylic acid groups (broad SMARTS) is 1. The number of benzene rings is 1. The van der Waals surface area contributed by atoms with E-state index >= 15 is 4.39 Å². The Morgan fingerprint density at radius 1 is 1.14 bits per heavy atom. The number of nitrogens with zero attached hydrogens (tertiary/aromatic N) is 4. The van der Waals surface area contributed by atoms with Gasteiger partial charge in [-0.2, -0.15) is 26.7 Å². The number of halogens is 5. The molecular weight excluding hydrogens is 728 g/mol. The normalized spacial score (nSPS) is 16.4. The minimum atomic E-state index is -6.20. The van der Waals surface area contributed by atoms with Crippen LogP contribution in [0.3, 0.4) is 0 Å². The molecule has 11 nitrogen and oxygen atoms in total. The Kier molecular flexibility index (Phi) is 9.78. The molecule has 1 aromatic carbocycles. The molecule has 2 unspecified atom stereocenters. The van der Waals surface area contributed by atoms with Gasteiger partial charge in [-0.15, -0.1) is 11.3 Å². The van der Waals surface area contributed by atoms with E-state index in [2.05, 4.69) is 35.0 Å². The lowest BCUT2D eigenvalue weighted by Gasteiger charge is -2.38. The van der Waals surface area contributed by atoms with E-state index in [9.17, 15) is 35.9 Å². The van der Waals surface area contributed by atoms with Crippen molar-refractivity contribution in [3.8, 4) is 34.1 Å². The molecule has 19 heteroatoms. The third-order valence-electron chi connectivity index (χ3n) is 8.84. The molecule has 0 aliphatic carbocycles. The van der Waals surface area contributed by atoms with Crippen molar-refractivity contribution in [3.05, 3.63) is 47.0 Å². The van der Waals surface area contributed by atoms with Gasteiger partial charge in [0.1, 0.15) is 35.4 Å². The summed E-state index contributed by atoms with van der Waals surface area (Å²) in [5.74, 6) is -3.32. The average Bonchev–Trinajstić information content (AvgIpc) is 3.63. The van der Waals surface area contributed by atoms with Crippen molar-refractivity contribution in [2.24, 2.45) is 0 Å². The highest BCUT2D eigenvalue weighted by atomic mass is 32.2. The summed E-state index contributed by atoms with van der Waals surface area (Å²) in [6.45, 7) is 13.6. The van der Waals surface area contributed by atoms with Crippen molar-refractivity contribution in [1.29, 1.82) is 0 Å². The molecule has 0 spiro atoms. The van der Waals surface area contributed by atoms with Crippen LogP contribution in [0.5, 0.6) is 11.6 Å². The molecule has 3 aromatic heterocycles. The van der Waals surface area contributed by atoms with Gasteiger partial charge < -0.3 is 18.5 Å². The van der Waals surface area contributed by atoms with Gasteiger partial charge in [0.05, 0.1) is 40.0 Å². The molecule has 0 bridgehead atoms. The van der Waals surface area contributed by atoms with E-state index in [1.165, 1.54) is 22.2 Å². The van der Waals surface area contributed by atoms with Crippen LogP contribution in [0, 0.1) is 11.6 Å². The van der Waals surface area contributed by atoms with E-state index in [0.717, 1.165) is 22.3 Å². The summed E-state index contributed by atoms with van der Waals surface area (Å²) in [4.78, 5) is 17.2. The largest absolute Gasteiger partial charge is 0.534 e. The van der Waals surface area contributed by atoms with Crippen LogP contribution in [0.2, 0.25) is 18.1 Å². The smallest absolute Gasteiger partial charge is 0.490 e. The monoisotopic (exact) mass is 762 g/mol. The van der Waals surface area contributed by atoms with Crippen molar-refractivity contribution in [2.45, 2.75) is 76.9 Å². The molecule has 4 heterocycles. The number of alkyl halides is 3. The molecule has 1 aliphatic heterocycles. The molecule has 50 heavy (non-hydrogen) atoms. The fourth-order valence-electron chi connectivity index (χ4n) is 5.34. The molecule has 272 valence electrons. The van der Waals surface area contributed by atoms with Crippen molar-refractivity contribution in [1.82, 2.24) is 19.7 Å². The first-order valence-corrected chi connectivity index (χ1v) is 20.5. The molecule has 0 fully saturated rings. The Morgan fingerprint density at radius 2 is 1.82 bits per heavy atom. The third-order valence-corrected chi connectivity index (χ3v) is 15.3. The first kappa shape index (κ1) is 37.4. The Balaban J connectivity index is 1.72. The van der Waals surface area contributed by atoms with E-state index in [1.807, 2.05) is 13.1 Å². The maximum absolute atomic E-state index is 16.1. The summed E-state index contributed by atoms with van der Waals surface area (Å²) in [6, 6.07) is 3.50. The number of thiophene rings is 1. The SMILES string of the molecule is CC(COc1cc(F)cc(F)c1-c1c(-c2cc3n(n2)CCN(C(=O)O)C3C)nc(OS(=O)(=O)C(F)(F)F)c2ccsc12)O[Si](C)(C)C(C)(C)C. The fraction of sp³-hybridized carbons (Fsp3) is 0.452. The Hall–Kier alpha value is -3.81. The second-order valence-electron chi connectivity index (χ2n) is 13.4. The van der Waals surface area contributed by atoms with Crippen LogP contribution in [0.15, 0.2) is 29.6 Å². The summed E-state index contributed by atoms with van der Waals surface area (Å²) in [5, 5.41) is 15.2. The van der Waals surface area contributed by atoms with Gasteiger partial charge in [0.2, 0.25) is 5.88 Å². The standard InChI is InChI=1S/C31H35F5N4O7S2Si/c1-16(47-50(6,7)30(3,4)5)15-45-23-13-18(32)12-20(33)24(23)25-26(21-14-22-17(2)39(29(41)42)9-10-40(22)38-21)37-28(19-8-11-48-27(19)25)46-49(43,44)31(34,35)36/h8,11-14,16-17H,9-10,15H2,1-7H3,(H,41,42). The number of aromatic nitrogens is 3. The minimum absolute atomic E-state index is 0.0366. The Labute approximate surface area is 289 Å². The summed E-state index contributed by atoms with van der Waals surface area (Å²) < 4.78 is 114. The molecule has 0 saturated carbocycles. The molecule has 0 radical (unpaired) electrons. The van der Waals surface area contributed by atoms with Crippen LogP contribution in [0.4, 0.5) is 26.7 Å². The lowest BCUT2D eigenvalue weighted by Crippen LogP contribution is -2.44. The molecule has 1 aliphatic rings. The second-order valence-corrected chi connectivity index (χ2v) is 20.6. The maximum Gasteiger partial charge on any atom is 0.534 e. The average molecular weight is 763 g/mol. The Bertz CT molecular complexity index is 2060. The van der Waals surface area contributed by atoms with Gasteiger partial charge in [-0.25, -0.2) is 18.6 Å². The first-order chi connectivity index (χ1) is 23.0. The van der Waals surface area contributed by atoms with Crippen LogP contribution < -0.4 is 8.92 Å². The number of carbonyl (C=O) groups is 1. The summed E-state index contributed by atoms with van der Waals surface area (Å²) in [5.41, 5.74) is -6.21. The maximum atomic E-state index is 16.1. The topological polar surface area (TPSA) is 133 Å². The van der Waals surface area contributed by atoms with Gasteiger partial charge in [-0.3, -0.25) is 9.58 Å². The van der Waals surface area contributed by atoms with E-state index in [1.54, 1.807) is 13.8 Å². The highest BCUT2D eigenvalue weighted by Crippen LogP contribution is 2.48. The number of pyridine rings is 1.